The van der Waals surface area contributed by atoms with Crippen LogP contribution in [0.5, 0.6) is 0 Å². The number of benzene rings is 2. The van der Waals surface area contributed by atoms with Crippen molar-refractivity contribution in [1.82, 2.24) is 4.90 Å². The molecule has 0 spiro atoms. The van der Waals surface area contributed by atoms with Crippen LogP contribution in [0, 0.1) is 31.6 Å². The molecule has 10 nitrogen and oxygen atoms in total. The number of nitro benzene ring substituents is 2. The number of nitriles is 1. The lowest BCUT2D eigenvalue weighted by Crippen LogP contribution is -2.44. The minimum absolute atomic E-state index is 0.00874. The van der Waals surface area contributed by atoms with E-state index in [4.69, 9.17) is 0 Å². The highest BCUT2D eigenvalue weighted by atomic mass is 16.6. The minimum Gasteiger partial charge on any atom is -0.363 e. The predicted octanol–water partition coefficient (Wildman–Crippen LogP) is 3.04. The molecule has 2 aromatic rings. The van der Waals surface area contributed by atoms with Crippen molar-refractivity contribution in [1.29, 1.82) is 5.26 Å². The highest BCUT2D eigenvalue weighted by Crippen LogP contribution is 2.31. The van der Waals surface area contributed by atoms with Gasteiger partial charge in [0.05, 0.1) is 9.85 Å². The van der Waals surface area contributed by atoms with Gasteiger partial charge in [-0.05, 0) is 24.8 Å². The van der Waals surface area contributed by atoms with Crippen molar-refractivity contribution in [2.45, 2.75) is 0 Å². The highest BCUT2D eigenvalue weighted by Gasteiger charge is 2.23. The van der Waals surface area contributed by atoms with Crippen LogP contribution in [-0.2, 0) is 0 Å². The Bertz CT molecular complexity index is 1110. The number of non-ortho nitro benzene ring substituents is 1. The van der Waals surface area contributed by atoms with Crippen LogP contribution < -0.4 is 4.90 Å². The Morgan fingerprint density at radius 2 is 1.77 bits per heavy atom. The molecule has 2 aromatic carbocycles. The van der Waals surface area contributed by atoms with Gasteiger partial charge in [-0.25, -0.2) is 0 Å². The first-order chi connectivity index (χ1) is 14.8. The molecule has 0 aliphatic carbocycles. The number of nitrogens with zero attached hydrogens (tertiary/aromatic N) is 5. The SMILES string of the molecule is CN1CCN(c2ccc(/C=C(/C#N)C(=O)c3cccc([N+](=O)[O-])c3)cc2[N+](=O)[O-])CC1. The summed E-state index contributed by atoms with van der Waals surface area (Å²) in [5.74, 6) is -0.697. The third kappa shape index (κ3) is 4.91. The third-order valence-corrected chi connectivity index (χ3v) is 5.04. The van der Waals surface area contributed by atoms with E-state index in [1.807, 2.05) is 11.9 Å². The van der Waals surface area contributed by atoms with Crippen molar-refractivity contribution >= 4 is 28.9 Å². The van der Waals surface area contributed by atoms with E-state index in [0.29, 0.717) is 24.3 Å². The molecule has 0 unspecified atom stereocenters. The number of hydrogen-bond donors (Lipinski definition) is 0. The maximum absolute atomic E-state index is 12.7. The summed E-state index contributed by atoms with van der Waals surface area (Å²) in [6, 6.07) is 11.4. The van der Waals surface area contributed by atoms with Gasteiger partial charge in [-0.15, -0.1) is 0 Å². The zero-order chi connectivity index (χ0) is 22.5. The first kappa shape index (κ1) is 21.6. The average Bonchev–Trinajstić information content (AvgIpc) is 2.77. The van der Waals surface area contributed by atoms with Gasteiger partial charge < -0.3 is 9.80 Å². The van der Waals surface area contributed by atoms with Crippen LogP contribution in [-0.4, -0.2) is 53.8 Å². The number of likely N-dealkylation sites (N-methyl/N-ethyl adjacent to an activating group) is 1. The molecule has 1 saturated heterocycles. The van der Waals surface area contributed by atoms with Crippen LogP contribution in [0.2, 0.25) is 0 Å². The number of carbonyl (C=O) groups is 1. The fraction of sp³-hybridized carbons (Fsp3) is 0.238. The zero-order valence-corrected chi connectivity index (χ0v) is 16.7. The van der Waals surface area contributed by atoms with Crippen molar-refractivity contribution in [3.8, 4) is 6.07 Å². The average molecular weight is 421 g/mol. The second kappa shape index (κ2) is 9.15. The molecule has 0 amide bonds. The molecule has 1 heterocycles. The third-order valence-electron chi connectivity index (χ3n) is 5.04. The van der Waals surface area contributed by atoms with Crippen LogP contribution in [0.15, 0.2) is 48.0 Å². The molecule has 1 aliphatic heterocycles. The molecule has 0 bridgehead atoms. The molecule has 1 aliphatic rings. The Morgan fingerprint density at radius 1 is 1.06 bits per heavy atom. The van der Waals surface area contributed by atoms with Crippen molar-refractivity contribution in [2.24, 2.45) is 0 Å². The lowest BCUT2D eigenvalue weighted by molar-refractivity contribution is -0.384. The normalized spacial score (nSPS) is 14.7. The van der Waals surface area contributed by atoms with Gasteiger partial charge in [-0.1, -0.05) is 18.2 Å². The van der Waals surface area contributed by atoms with Crippen LogP contribution in [0.1, 0.15) is 15.9 Å². The summed E-state index contributed by atoms with van der Waals surface area (Å²) in [5.41, 5.74) is 0.139. The maximum atomic E-state index is 12.7. The minimum atomic E-state index is -0.697. The van der Waals surface area contributed by atoms with E-state index in [2.05, 4.69) is 4.90 Å². The largest absolute Gasteiger partial charge is 0.363 e. The number of nitro groups is 2. The maximum Gasteiger partial charge on any atom is 0.293 e. The second-order valence-electron chi connectivity index (χ2n) is 7.10. The van der Waals surface area contributed by atoms with E-state index in [1.54, 1.807) is 18.2 Å². The molecule has 0 saturated carbocycles. The molecule has 158 valence electrons. The zero-order valence-electron chi connectivity index (χ0n) is 16.7. The molecule has 0 aromatic heterocycles. The van der Waals surface area contributed by atoms with E-state index in [0.717, 1.165) is 19.2 Å². The summed E-state index contributed by atoms with van der Waals surface area (Å²) in [7, 11) is 1.99. The molecule has 10 heteroatoms. The topological polar surface area (TPSA) is 134 Å². The lowest BCUT2D eigenvalue weighted by Gasteiger charge is -2.33. The fourth-order valence-electron chi connectivity index (χ4n) is 3.32. The predicted molar refractivity (Wildman–Crippen MR) is 114 cm³/mol. The Morgan fingerprint density at radius 3 is 2.39 bits per heavy atom. The molecule has 0 radical (unpaired) electrons. The number of piperazine rings is 1. The molecular formula is C21H19N5O5. The van der Waals surface area contributed by atoms with Crippen LogP contribution in [0.25, 0.3) is 6.08 Å². The fourth-order valence-corrected chi connectivity index (χ4v) is 3.32. The molecule has 1 fully saturated rings. The summed E-state index contributed by atoms with van der Waals surface area (Å²) in [6.07, 6.45) is 1.25. The Hall–Kier alpha value is -4.10. The first-order valence-electron chi connectivity index (χ1n) is 9.43. The summed E-state index contributed by atoms with van der Waals surface area (Å²) >= 11 is 0. The Labute approximate surface area is 177 Å². The molecule has 31 heavy (non-hydrogen) atoms. The molecule has 0 atom stereocenters. The Balaban J connectivity index is 1.94. The van der Waals surface area contributed by atoms with Crippen LogP contribution in [0.4, 0.5) is 17.1 Å². The van der Waals surface area contributed by atoms with Crippen molar-refractivity contribution in [2.75, 3.05) is 38.1 Å². The number of Topliss-reactive ketones (excluding diaryl/α,β-unsaturated/α-hetero) is 1. The van der Waals surface area contributed by atoms with Gasteiger partial charge in [-0.3, -0.25) is 25.0 Å². The van der Waals surface area contributed by atoms with Gasteiger partial charge in [0.15, 0.2) is 0 Å². The number of rotatable bonds is 6. The van der Waals surface area contributed by atoms with Gasteiger partial charge in [0.25, 0.3) is 11.4 Å². The van der Waals surface area contributed by atoms with E-state index in [9.17, 15) is 30.3 Å². The van der Waals surface area contributed by atoms with E-state index in [1.165, 1.54) is 30.3 Å². The summed E-state index contributed by atoms with van der Waals surface area (Å²) < 4.78 is 0. The number of ketones is 1. The van der Waals surface area contributed by atoms with Gasteiger partial charge in [0.1, 0.15) is 17.3 Å². The second-order valence-corrected chi connectivity index (χ2v) is 7.10. The van der Waals surface area contributed by atoms with Gasteiger partial charge in [0, 0.05) is 49.9 Å². The highest BCUT2D eigenvalue weighted by molar-refractivity contribution is 6.14. The standard InChI is InChI=1S/C21H19N5O5/c1-23-7-9-24(10-8-23)19-6-5-15(12-20(19)26(30)31)11-17(14-22)21(27)16-3-2-4-18(13-16)25(28)29/h2-6,11-13H,7-10H2,1H3/b17-11-. The number of anilines is 1. The Kier molecular flexibility index (Phi) is 6.37. The number of carbonyl (C=O) groups excluding carboxylic acids is 1. The summed E-state index contributed by atoms with van der Waals surface area (Å²) in [5, 5.41) is 32.0. The van der Waals surface area contributed by atoms with Crippen molar-refractivity contribution in [3.63, 3.8) is 0 Å². The van der Waals surface area contributed by atoms with E-state index in [-0.39, 0.29) is 22.5 Å². The first-order valence-corrected chi connectivity index (χ1v) is 9.43. The van der Waals surface area contributed by atoms with Crippen molar-refractivity contribution in [3.05, 3.63) is 79.4 Å². The number of hydrogen-bond acceptors (Lipinski definition) is 8. The smallest absolute Gasteiger partial charge is 0.293 e. The van der Waals surface area contributed by atoms with Gasteiger partial charge in [0.2, 0.25) is 5.78 Å². The molecule has 0 N–H and O–H groups in total. The van der Waals surface area contributed by atoms with Crippen molar-refractivity contribution < 1.29 is 14.6 Å². The quantitative estimate of drug-likeness (QED) is 0.228. The monoisotopic (exact) mass is 421 g/mol. The van der Waals surface area contributed by atoms with E-state index >= 15 is 0 Å². The van der Waals surface area contributed by atoms with Crippen LogP contribution >= 0.6 is 0 Å². The van der Waals surface area contributed by atoms with Gasteiger partial charge >= 0.3 is 0 Å². The lowest BCUT2D eigenvalue weighted by atomic mass is 10.0. The molecular weight excluding hydrogens is 402 g/mol. The molecule has 3 rings (SSSR count). The summed E-state index contributed by atoms with van der Waals surface area (Å²) in [4.78, 5) is 38.2. The number of allylic oxidation sites excluding steroid dienone is 1. The van der Waals surface area contributed by atoms with E-state index < -0.39 is 15.6 Å². The van der Waals surface area contributed by atoms with Gasteiger partial charge in [-0.2, -0.15) is 5.26 Å². The van der Waals surface area contributed by atoms with Crippen LogP contribution in [0.3, 0.4) is 0 Å². The summed E-state index contributed by atoms with van der Waals surface area (Å²) in [6.45, 7) is 2.88.